The van der Waals surface area contributed by atoms with E-state index in [1.54, 1.807) is 0 Å². The number of aliphatic hydroxyl groups is 2. The molecular formula is C41H75O10P. The molecule has 52 heavy (non-hydrogen) atoms. The fraction of sp³-hybridized carbons (Fsp3) is 0.805. The summed E-state index contributed by atoms with van der Waals surface area (Å²) in [5.41, 5.74) is 0. The number of allylic oxidation sites excluding steroid dienone is 6. The van der Waals surface area contributed by atoms with Crippen molar-refractivity contribution >= 4 is 19.8 Å². The third-order valence-electron chi connectivity index (χ3n) is 8.52. The van der Waals surface area contributed by atoms with Gasteiger partial charge in [0.15, 0.2) is 6.10 Å². The average molecular weight is 759 g/mol. The lowest BCUT2D eigenvalue weighted by atomic mass is 10.1. The molecular weight excluding hydrogens is 683 g/mol. The monoisotopic (exact) mass is 759 g/mol. The van der Waals surface area contributed by atoms with Crippen molar-refractivity contribution in [1.29, 1.82) is 0 Å². The quantitative estimate of drug-likeness (QED) is 0.0240. The lowest BCUT2D eigenvalue weighted by Gasteiger charge is -2.20. The first kappa shape index (κ1) is 50.2. The maximum absolute atomic E-state index is 12.6. The summed E-state index contributed by atoms with van der Waals surface area (Å²) in [5, 5.41) is 18.3. The number of rotatable bonds is 38. The molecule has 0 heterocycles. The van der Waals surface area contributed by atoms with Crippen LogP contribution in [0.4, 0.5) is 0 Å². The first-order valence-corrected chi connectivity index (χ1v) is 21.9. The molecule has 0 amide bonds. The zero-order chi connectivity index (χ0) is 38.4. The van der Waals surface area contributed by atoms with E-state index in [1.165, 1.54) is 64.2 Å². The van der Waals surface area contributed by atoms with E-state index in [0.717, 1.165) is 70.6 Å². The minimum absolute atomic E-state index is 0.165. The van der Waals surface area contributed by atoms with E-state index >= 15 is 0 Å². The Bertz CT molecular complexity index is 967. The van der Waals surface area contributed by atoms with Gasteiger partial charge >= 0.3 is 19.8 Å². The Kier molecular flexibility index (Phi) is 36.2. The molecule has 0 aromatic heterocycles. The van der Waals surface area contributed by atoms with E-state index in [2.05, 4.69) is 54.8 Å². The average Bonchev–Trinajstić information content (AvgIpc) is 3.13. The third kappa shape index (κ3) is 36.5. The van der Waals surface area contributed by atoms with Crippen LogP contribution in [0.15, 0.2) is 36.5 Å². The maximum Gasteiger partial charge on any atom is 0.472 e. The predicted molar refractivity (Wildman–Crippen MR) is 210 cm³/mol. The van der Waals surface area contributed by atoms with E-state index in [0.29, 0.717) is 12.8 Å². The van der Waals surface area contributed by atoms with E-state index in [4.69, 9.17) is 19.1 Å². The molecule has 0 rings (SSSR count). The van der Waals surface area contributed by atoms with Crippen molar-refractivity contribution in [3.05, 3.63) is 36.5 Å². The van der Waals surface area contributed by atoms with E-state index < -0.39 is 51.8 Å². The Labute approximate surface area is 316 Å². The molecule has 0 aromatic rings. The molecule has 0 aliphatic rings. The van der Waals surface area contributed by atoms with Crippen LogP contribution < -0.4 is 0 Å². The maximum atomic E-state index is 12.6. The van der Waals surface area contributed by atoms with Crippen LogP contribution in [-0.4, -0.2) is 65.7 Å². The van der Waals surface area contributed by atoms with Crippen LogP contribution in [-0.2, 0) is 32.7 Å². The number of hydrogen-bond acceptors (Lipinski definition) is 9. The Balaban J connectivity index is 4.38. The minimum Gasteiger partial charge on any atom is -0.462 e. The molecule has 0 saturated carbocycles. The highest BCUT2D eigenvalue weighted by Gasteiger charge is 2.27. The molecule has 0 radical (unpaired) electrons. The molecule has 0 aromatic carbocycles. The Hall–Kier alpha value is -1.81. The summed E-state index contributed by atoms with van der Waals surface area (Å²) in [5.74, 6) is -0.960. The van der Waals surface area contributed by atoms with Crippen molar-refractivity contribution < 1.29 is 47.8 Å². The minimum atomic E-state index is -4.62. The van der Waals surface area contributed by atoms with Crippen LogP contribution in [0.5, 0.6) is 0 Å². The van der Waals surface area contributed by atoms with Gasteiger partial charge in [0.2, 0.25) is 0 Å². The number of carbonyl (C=O) groups excluding carboxylic acids is 2. The van der Waals surface area contributed by atoms with Crippen molar-refractivity contribution in [2.24, 2.45) is 0 Å². The molecule has 304 valence electrons. The summed E-state index contributed by atoms with van der Waals surface area (Å²) in [7, 11) is -4.62. The normalized spacial score (nSPS) is 14.3. The number of carbonyl (C=O) groups is 2. The molecule has 0 aliphatic heterocycles. The fourth-order valence-electron chi connectivity index (χ4n) is 5.30. The second kappa shape index (κ2) is 37.5. The molecule has 0 fully saturated rings. The van der Waals surface area contributed by atoms with Gasteiger partial charge in [-0.1, -0.05) is 134 Å². The number of esters is 2. The molecule has 0 saturated heterocycles. The van der Waals surface area contributed by atoms with Gasteiger partial charge in [-0.15, -0.1) is 0 Å². The summed E-state index contributed by atoms with van der Waals surface area (Å²) in [4.78, 5) is 34.9. The predicted octanol–water partition coefficient (Wildman–Crippen LogP) is 10.4. The van der Waals surface area contributed by atoms with Crippen LogP contribution in [0, 0.1) is 0 Å². The Morgan fingerprint density at radius 3 is 1.58 bits per heavy atom. The summed E-state index contributed by atoms with van der Waals surface area (Å²) < 4.78 is 32.6. The standard InChI is InChI=1S/C41H75O10P/c1-3-5-7-9-11-13-15-17-19-21-22-24-26-28-30-32-40(44)48-36-39(37-50-52(46,47)49-35-38(43)34-42)51-41(45)33-31-29-27-25-23-20-18-16-14-12-10-8-6-4-2/h10,12,16,18,21-22,38-39,42-43H,3-9,11,13-15,17,19-20,23-37H2,1-2H3,(H,46,47)/b12-10+,18-16+,22-21+/t38-,39+/m0/s1. The molecule has 3 N–H and O–H groups in total. The SMILES string of the molecule is CCCC/C=C/C/C=C/CCCCCCCC(=O)O[C@H](COC(=O)CCCCC/C=C/CCCCCCCCCC)COP(=O)(O)OC[C@@H](O)CO. The van der Waals surface area contributed by atoms with Gasteiger partial charge in [0, 0.05) is 12.8 Å². The van der Waals surface area contributed by atoms with Crippen molar-refractivity contribution in [2.45, 2.75) is 187 Å². The largest absolute Gasteiger partial charge is 0.472 e. The lowest BCUT2D eigenvalue weighted by Crippen LogP contribution is -2.29. The van der Waals surface area contributed by atoms with Crippen molar-refractivity contribution in [3.63, 3.8) is 0 Å². The molecule has 0 aliphatic carbocycles. The second-order valence-electron chi connectivity index (χ2n) is 13.7. The van der Waals surface area contributed by atoms with Gasteiger partial charge in [0.25, 0.3) is 0 Å². The van der Waals surface area contributed by atoms with Crippen LogP contribution >= 0.6 is 7.82 Å². The van der Waals surface area contributed by atoms with Gasteiger partial charge in [0.1, 0.15) is 12.7 Å². The molecule has 0 bridgehead atoms. The summed E-state index contributed by atoms with van der Waals surface area (Å²) in [6.07, 6.45) is 36.8. The first-order valence-electron chi connectivity index (χ1n) is 20.4. The van der Waals surface area contributed by atoms with Gasteiger partial charge in [-0.3, -0.25) is 18.6 Å². The molecule has 1 unspecified atom stereocenters. The van der Waals surface area contributed by atoms with Crippen LogP contribution in [0.3, 0.4) is 0 Å². The number of aliphatic hydroxyl groups excluding tert-OH is 2. The number of hydrogen-bond donors (Lipinski definition) is 3. The van der Waals surface area contributed by atoms with E-state index in [9.17, 15) is 24.2 Å². The van der Waals surface area contributed by atoms with Gasteiger partial charge in [0.05, 0.1) is 19.8 Å². The van der Waals surface area contributed by atoms with Gasteiger partial charge in [-0.05, 0) is 64.2 Å². The van der Waals surface area contributed by atoms with Gasteiger partial charge in [-0.2, -0.15) is 0 Å². The first-order chi connectivity index (χ1) is 25.2. The molecule has 0 spiro atoms. The number of unbranched alkanes of at least 4 members (excludes halogenated alkanes) is 18. The highest BCUT2D eigenvalue weighted by Crippen LogP contribution is 2.43. The fourth-order valence-corrected chi connectivity index (χ4v) is 6.09. The molecule has 11 heteroatoms. The molecule has 3 atom stereocenters. The highest BCUT2D eigenvalue weighted by molar-refractivity contribution is 7.47. The van der Waals surface area contributed by atoms with Crippen LogP contribution in [0.25, 0.3) is 0 Å². The van der Waals surface area contributed by atoms with Gasteiger partial charge < -0.3 is 24.6 Å². The zero-order valence-electron chi connectivity index (χ0n) is 32.8. The summed E-state index contributed by atoms with van der Waals surface area (Å²) in [6, 6.07) is 0. The van der Waals surface area contributed by atoms with Crippen molar-refractivity contribution in [3.8, 4) is 0 Å². The molecule has 10 nitrogen and oxygen atoms in total. The summed E-state index contributed by atoms with van der Waals surface area (Å²) >= 11 is 0. The van der Waals surface area contributed by atoms with Gasteiger partial charge in [-0.25, -0.2) is 4.57 Å². The number of ether oxygens (including phenoxy) is 2. The van der Waals surface area contributed by atoms with E-state index in [-0.39, 0.29) is 19.4 Å². The highest BCUT2D eigenvalue weighted by atomic mass is 31.2. The number of phosphoric acid groups is 1. The van der Waals surface area contributed by atoms with Crippen LogP contribution in [0.2, 0.25) is 0 Å². The van der Waals surface area contributed by atoms with Crippen molar-refractivity contribution in [2.75, 3.05) is 26.4 Å². The van der Waals surface area contributed by atoms with Crippen LogP contribution in [0.1, 0.15) is 174 Å². The zero-order valence-corrected chi connectivity index (χ0v) is 33.7. The Morgan fingerprint density at radius 1 is 0.577 bits per heavy atom. The Morgan fingerprint density at radius 2 is 1.02 bits per heavy atom. The summed E-state index contributed by atoms with van der Waals surface area (Å²) in [6.45, 7) is 2.30. The smallest absolute Gasteiger partial charge is 0.462 e. The van der Waals surface area contributed by atoms with E-state index in [1.807, 2.05) is 0 Å². The van der Waals surface area contributed by atoms with Crippen molar-refractivity contribution in [1.82, 2.24) is 0 Å². The third-order valence-corrected chi connectivity index (χ3v) is 9.47. The second-order valence-corrected chi connectivity index (χ2v) is 15.1. The lowest BCUT2D eigenvalue weighted by molar-refractivity contribution is -0.161. The topological polar surface area (TPSA) is 149 Å². The number of phosphoric ester groups is 1.